The van der Waals surface area contributed by atoms with Crippen molar-refractivity contribution in [3.05, 3.63) is 59.7 Å². The highest BCUT2D eigenvalue weighted by Gasteiger charge is 2.15. The Morgan fingerprint density at radius 3 is 2.58 bits per heavy atom. The molecule has 2 rings (SSSR count). The molecule has 0 heterocycles. The lowest BCUT2D eigenvalue weighted by Gasteiger charge is -2.14. The van der Waals surface area contributed by atoms with Gasteiger partial charge in [-0.15, -0.1) is 0 Å². The van der Waals surface area contributed by atoms with Crippen molar-refractivity contribution in [1.82, 2.24) is 0 Å². The van der Waals surface area contributed by atoms with Crippen molar-refractivity contribution in [2.24, 2.45) is 0 Å². The molecule has 0 saturated carbocycles. The number of nitrogens with one attached hydrogen (secondary N) is 1. The monoisotopic (exact) mass is 373 g/mol. The molecule has 138 valence electrons. The minimum Gasteiger partial charge on any atom is -0.497 e. The van der Waals surface area contributed by atoms with Crippen LogP contribution in [0.5, 0.6) is 5.75 Å². The molecule has 2 aromatic carbocycles. The largest absolute Gasteiger partial charge is 0.497 e. The van der Waals surface area contributed by atoms with Gasteiger partial charge in [-0.2, -0.15) is 11.8 Å². The van der Waals surface area contributed by atoms with Crippen LogP contribution in [-0.4, -0.2) is 29.8 Å². The Labute approximate surface area is 157 Å². The van der Waals surface area contributed by atoms with Gasteiger partial charge in [0.15, 0.2) is 0 Å². The zero-order valence-electron chi connectivity index (χ0n) is 14.9. The van der Waals surface area contributed by atoms with Gasteiger partial charge in [-0.25, -0.2) is 0 Å². The minimum atomic E-state index is -0.786. The number of hydrogen-bond acceptors (Lipinski definition) is 4. The maximum Gasteiger partial charge on any atom is 0.304 e. The van der Waals surface area contributed by atoms with Gasteiger partial charge in [0, 0.05) is 17.2 Å². The van der Waals surface area contributed by atoms with E-state index in [0.717, 1.165) is 22.6 Å². The van der Waals surface area contributed by atoms with Gasteiger partial charge >= 0.3 is 5.97 Å². The number of carboxylic acids is 1. The number of benzene rings is 2. The Bertz CT molecular complexity index is 746. The third-order valence-corrected chi connectivity index (χ3v) is 4.96. The molecule has 0 radical (unpaired) electrons. The van der Waals surface area contributed by atoms with Gasteiger partial charge in [-0.05, 0) is 42.3 Å². The minimum absolute atomic E-state index is 0.0779. The molecule has 0 aliphatic carbocycles. The lowest BCUT2D eigenvalue weighted by molar-refractivity contribution is -0.136. The summed E-state index contributed by atoms with van der Waals surface area (Å²) in [6.07, 6.45) is 0.153. The SMILES string of the molecule is COc1ccc(C(C)C(=O)Nc2cccc(CSCCC(=O)O)c2)cc1. The first-order valence-electron chi connectivity index (χ1n) is 8.33. The number of hydrogen-bond donors (Lipinski definition) is 2. The number of ether oxygens (including phenoxy) is 1. The van der Waals surface area contributed by atoms with Gasteiger partial charge in [-0.3, -0.25) is 9.59 Å². The maximum atomic E-state index is 12.5. The van der Waals surface area contributed by atoms with Gasteiger partial charge in [0.2, 0.25) is 5.91 Å². The van der Waals surface area contributed by atoms with Crippen molar-refractivity contribution in [1.29, 1.82) is 0 Å². The van der Waals surface area contributed by atoms with Crippen LogP contribution in [0.1, 0.15) is 30.4 Å². The summed E-state index contributed by atoms with van der Waals surface area (Å²) in [5, 5.41) is 11.6. The fraction of sp³-hybridized carbons (Fsp3) is 0.300. The van der Waals surface area contributed by atoms with E-state index in [9.17, 15) is 9.59 Å². The summed E-state index contributed by atoms with van der Waals surface area (Å²) in [7, 11) is 1.61. The van der Waals surface area contributed by atoms with Gasteiger partial charge in [0.25, 0.3) is 0 Å². The van der Waals surface area contributed by atoms with E-state index in [1.807, 2.05) is 55.5 Å². The fourth-order valence-electron chi connectivity index (χ4n) is 2.38. The van der Waals surface area contributed by atoms with E-state index in [-0.39, 0.29) is 18.2 Å². The van der Waals surface area contributed by atoms with Crippen LogP contribution in [0.25, 0.3) is 0 Å². The van der Waals surface area contributed by atoms with Crippen molar-refractivity contribution in [3.8, 4) is 5.75 Å². The lowest BCUT2D eigenvalue weighted by Crippen LogP contribution is -2.18. The first-order valence-corrected chi connectivity index (χ1v) is 9.48. The number of methoxy groups -OCH3 is 1. The second-order valence-corrected chi connectivity index (χ2v) is 6.99. The number of carbonyl (C=O) groups excluding carboxylic acids is 1. The molecule has 1 atom stereocenters. The Kier molecular flexibility index (Phi) is 7.53. The smallest absolute Gasteiger partial charge is 0.304 e. The fourth-order valence-corrected chi connectivity index (χ4v) is 3.26. The van der Waals surface area contributed by atoms with Gasteiger partial charge < -0.3 is 15.2 Å². The standard InChI is InChI=1S/C20H23NO4S/c1-14(16-6-8-18(25-2)9-7-16)20(24)21-17-5-3-4-15(12-17)13-26-11-10-19(22)23/h3-9,12,14H,10-11,13H2,1-2H3,(H,21,24)(H,22,23). The molecule has 1 unspecified atom stereocenters. The third-order valence-electron chi connectivity index (χ3n) is 3.93. The maximum absolute atomic E-state index is 12.5. The average molecular weight is 373 g/mol. The van der Waals surface area contributed by atoms with E-state index >= 15 is 0 Å². The number of thioether (sulfide) groups is 1. The van der Waals surface area contributed by atoms with Crippen molar-refractivity contribution in [2.45, 2.75) is 25.0 Å². The van der Waals surface area contributed by atoms with Gasteiger partial charge in [0.1, 0.15) is 5.75 Å². The highest BCUT2D eigenvalue weighted by Crippen LogP contribution is 2.22. The highest BCUT2D eigenvalue weighted by molar-refractivity contribution is 7.98. The van der Waals surface area contributed by atoms with Crippen molar-refractivity contribution in [3.63, 3.8) is 0 Å². The van der Waals surface area contributed by atoms with Crippen LogP contribution in [-0.2, 0) is 15.3 Å². The molecule has 0 spiro atoms. The van der Waals surface area contributed by atoms with Crippen molar-refractivity contribution < 1.29 is 19.4 Å². The molecule has 2 N–H and O–H groups in total. The summed E-state index contributed by atoms with van der Waals surface area (Å²) in [5.74, 6) is 0.895. The number of aliphatic carboxylic acids is 1. The van der Waals surface area contributed by atoms with Crippen LogP contribution < -0.4 is 10.1 Å². The predicted molar refractivity (Wildman–Crippen MR) is 105 cm³/mol. The number of amides is 1. The molecule has 26 heavy (non-hydrogen) atoms. The van der Waals surface area contributed by atoms with Crippen LogP contribution in [0.15, 0.2) is 48.5 Å². The van der Waals surface area contributed by atoms with E-state index in [1.165, 1.54) is 0 Å². The zero-order valence-corrected chi connectivity index (χ0v) is 15.7. The first kappa shape index (κ1) is 19.8. The Morgan fingerprint density at radius 2 is 1.92 bits per heavy atom. The Hall–Kier alpha value is -2.47. The summed E-state index contributed by atoms with van der Waals surface area (Å²) in [6.45, 7) is 1.86. The van der Waals surface area contributed by atoms with Crippen molar-refractivity contribution >= 4 is 29.3 Å². The highest BCUT2D eigenvalue weighted by atomic mass is 32.2. The molecule has 0 bridgehead atoms. The molecule has 1 amide bonds. The second kappa shape index (κ2) is 9.87. The van der Waals surface area contributed by atoms with Crippen LogP contribution in [0.4, 0.5) is 5.69 Å². The van der Waals surface area contributed by atoms with E-state index < -0.39 is 5.97 Å². The molecular weight excluding hydrogens is 350 g/mol. The zero-order chi connectivity index (χ0) is 18.9. The summed E-state index contributed by atoms with van der Waals surface area (Å²) in [6, 6.07) is 15.1. The molecule has 0 aliphatic heterocycles. The molecule has 6 heteroatoms. The quantitative estimate of drug-likeness (QED) is 0.646. The second-order valence-electron chi connectivity index (χ2n) is 5.88. The number of carbonyl (C=O) groups is 2. The molecule has 0 aromatic heterocycles. The summed E-state index contributed by atoms with van der Waals surface area (Å²) < 4.78 is 5.14. The topological polar surface area (TPSA) is 75.6 Å². The molecule has 5 nitrogen and oxygen atoms in total. The number of carboxylic acid groups (broad SMARTS) is 1. The normalized spacial score (nSPS) is 11.6. The van der Waals surface area contributed by atoms with E-state index in [2.05, 4.69) is 5.32 Å². The number of rotatable bonds is 9. The van der Waals surface area contributed by atoms with Gasteiger partial charge in [-0.1, -0.05) is 24.3 Å². The molecule has 0 fully saturated rings. The van der Waals surface area contributed by atoms with E-state index in [1.54, 1.807) is 18.9 Å². The van der Waals surface area contributed by atoms with Crippen LogP contribution in [0.3, 0.4) is 0 Å². The molecular formula is C20H23NO4S. The van der Waals surface area contributed by atoms with E-state index in [0.29, 0.717) is 11.5 Å². The summed E-state index contributed by atoms with van der Waals surface area (Å²) >= 11 is 1.56. The first-order chi connectivity index (χ1) is 12.5. The Balaban J connectivity index is 1.93. The molecule has 0 aliphatic rings. The van der Waals surface area contributed by atoms with Crippen LogP contribution >= 0.6 is 11.8 Å². The predicted octanol–water partition coefficient (Wildman–Crippen LogP) is 4.15. The lowest BCUT2D eigenvalue weighted by atomic mass is 10.00. The van der Waals surface area contributed by atoms with Crippen LogP contribution in [0, 0.1) is 0 Å². The van der Waals surface area contributed by atoms with Crippen LogP contribution in [0.2, 0.25) is 0 Å². The van der Waals surface area contributed by atoms with Crippen molar-refractivity contribution in [2.75, 3.05) is 18.2 Å². The summed E-state index contributed by atoms with van der Waals surface area (Å²) in [5.41, 5.74) is 2.71. The summed E-state index contributed by atoms with van der Waals surface area (Å²) in [4.78, 5) is 23.0. The molecule has 2 aromatic rings. The van der Waals surface area contributed by atoms with Gasteiger partial charge in [0.05, 0.1) is 19.4 Å². The average Bonchev–Trinajstić information content (AvgIpc) is 2.65. The molecule has 0 saturated heterocycles. The number of anilines is 1. The Morgan fingerprint density at radius 1 is 1.19 bits per heavy atom. The van der Waals surface area contributed by atoms with E-state index in [4.69, 9.17) is 9.84 Å². The third kappa shape index (κ3) is 6.11.